The number of nitrogens with zero attached hydrogens (tertiary/aromatic N) is 1. The van der Waals surface area contributed by atoms with Gasteiger partial charge in [-0.15, -0.1) is 0 Å². The van der Waals surface area contributed by atoms with Crippen LogP contribution in [-0.2, 0) is 6.61 Å². The summed E-state index contributed by atoms with van der Waals surface area (Å²) in [6.45, 7) is 3.00. The van der Waals surface area contributed by atoms with E-state index in [1.807, 2.05) is 25.1 Å². The Morgan fingerprint density at radius 3 is 2.80 bits per heavy atom. The van der Waals surface area contributed by atoms with Gasteiger partial charge in [0.2, 0.25) is 0 Å². The molecule has 0 N–H and O–H groups in total. The lowest BCUT2D eigenvalue weighted by Crippen LogP contribution is -2.01. The number of rotatable bonds is 7. The lowest BCUT2D eigenvalue weighted by atomic mass is 10.2. The molecule has 0 aliphatic rings. The lowest BCUT2D eigenvalue weighted by Gasteiger charge is -2.11. The van der Waals surface area contributed by atoms with Gasteiger partial charge < -0.3 is 9.47 Å². The van der Waals surface area contributed by atoms with Gasteiger partial charge in [-0.3, -0.25) is 9.78 Å². The van der Waals surface area contributed by atoms with Gasteiger partial charge >= 0.3 is 0 Å². The first-order valence-electron chi connectivity index (χ1n) is 6.58. The standard InChI is InChI=1S/C16H17NO3/c1-2-9-19-15-7-6-13(11-18)16(10-15)20-12-14-5-3-4-8-17-14/h3-8,10-11H,2,9,12H2,1H3. The number of carbonyl (C=O) groups is 1. The summed E-state index contributed by atoms with van der Waals surface area (Å²) in [7, 11) is 0. The predicted molar refractivity (Wildman–Crippen MR) is 76.2 cm³/mol. The molecule has 0 aliphatic carbocycles. The Labute approximate surface area is 118 Å². The van der Waals surface area contributed by atoms with E-state index in [9.17, 15) is 4.79 Å². The molecule has 1 aromatic heterocycles. The third kappa shape index (κ3) is 3.82. The maximum Gasteiger partial charge on any atom is 0.153 e. The number of hydrogen-bond acceptors (Lipinski definition) is 4. The van der Waals surface area contributed by atoms with Crippen molar-refractivity contribution in [1.82, 2.24) is 4.98 Å². The largest absolute Gasteiger partial charge is 0.493 e. The highest BCUT2D eigenvalue weighted by Gasteiger charge is 2.06. The van der Waals surface area contributed by atoms with Gasteiger partial charge in [0.15, 0.2) is 6.29 Å². The van der Waals surface area contributed by atoms with Crippen molar-refractivity contribution in [3.8, 4) is 11.5 Å². The lowest BCUT2D eigenvalue weighted by molar-refractivity contribution is 0.111. The SMILES string of the molecule is CCCOc1ccc(C=O)c(OCc2ccccn2)c1. The normalized spacial score (nSPS) is 10.1. The summed E-state index contributed by atoms with van der Waals surface area (Å²) in [5, 5.41) is 0. The number of aldehydes is 1. The summed E-state index contributed by atoms with van der Waals surface area (Å²) in [5.41, 5.74) is 1.31. The van der Waals surface area contributed by atoms with E-state index in [-0.39, 0.29) is 0 Å². The van der Waals surface area contributed by atoms with E-state index in [0.717, 1.165) is 18.4 Å². The van der Waals surface area contributed by atoms with Crippen LogP contribution in [0.3, 0.4) is 0 Å². The second-order valence-corrected chi connectivity index (χ2v) is 4.28. The molecule has 0 saturated carbocycles. The molecule has 2 rings (SSSR count). The summed E-state index contributed by atoms with van der Waals surface area (Å²) in [5.74, 6) is 1.22. The maximum atomic E-state index is 11.0. The fraction of sp³-hybridized carbons (Fsp3) is 0.250. The molecule has 0 saturated heterocycles. The highest BCUT2D eigenvalue weighted by Crippen LogP contribution is 2.24. The summed E-state index contributed by atoms with van der Waals surface area (Å²) in [6, 6.07) is 10.8. The first-order chi connectivity index (χ1) is 9.83. The molecule has 0 amide bonds. The zero-order valence-corrected chi connectivity index (χ0v) is 11.4. The molecule has 0 aliphatic heterocycles. The second-order valence-electron chi connectivity index (χ2n) is 4.28. The first kappa shape index (κ1) is 14.1. The smallest absolute Gasteiger partial charge is 0.153 e. The van der Waals surface area contributed by atoms with Crippen molar-refractivity contribution in [3.63, 3.8) is 0 Å². The van der Waals surface area contributed by atoms with Crippen LogP contribution in [0.4, 0.5) is 0 Å². The number of pyridine rings is 1. The molecule has 0 fully saturated rings. The van der Waals surface area contributed by atoms with Crippen LogP contribution in [-0.4, -0.2) is 17.9 Å². The monoisotopic (exact) mass is 271 g/mol. The number of ether oxygens (including phenoxy) is 2. The molecular weight excluding hydrogens is 254 g/mol. The quantitative estimate of drug-likeness (QED) is 0.725. The zero-order valence-electron chi connectivity index (χ0n) is 11.4. The van der Waals surface area contributed by atoms with E-state index < -0.39 is 0 Å². The zero-order chi connectivity index (χ0) is 14.2. The Hall–Kier alpha value is -2.36. The number of carbonyl (C=O) groups excluding carboxylic acids is 1. The first-order valence-corrected chi connectivity index (χ1v) is 6.58. The summed E-state index contributed by atoms with van der Waals surface area (Å²) >= 11 is 0. The Kier molecular flexibility index (Phi) is 5.12. The van der Waals surface area contributed by atoms with E-state index in [1.54, 1.807) is 24.4 Å². The predicted octanol–water partition coefficient (Wildman–Crippen LogP) is 3.26. The second kappa shape index (κ2) is 7.28. The summed E-state index contributed by atoms with van der Waals surface area (Å²) in [4.78, 5) is 15.2. The minimum absolute atomic E-state index is 0.318. The fourth-order valence-electron chi connectivity index (χ4n) is 1.68. The Morgan fingerprint density at radius 1 is 1.20 bits per heavy atom. The van der Waals surface area contributed by atoms with Gasteiger partial charge in [0.05, 0.1) is 17.9 Å². The van der Waals surface area contributed by atoms with E-state index >= 15 is 0 Å². The van der Waals surface area contributed by atoms with Crippen molar-refractivity contribution in [2.24, 2.45) is 0 Å². The molecule has 4 heteroatoms. The number of hydrogen-bond donors (Lipinski definition) is 0. The molecular formula is C16H17NO3. The minimum Gasteiger partial charge on any atom is -0.493 e. The Bertz CT molecular complexity index is 555. The van der Waals surface area contributed by atoms with Crippen LogP contribution in [0.15, 0.2) is 42.6 Å². The Balaban J connectivity index is 2.09. The van der Waals surface area contributed by atoms with Crippen molar-refractivity contribution in [3.05, 3.63) is 53.9 Å². The van der Waals surface area contributed by atoms with E-state index in [1.165, 1.54) is 0 Å². The van der Waals surface area contributed by atoms with Crippen molar-refractivity contribution in [1.29, 1.82) is 0 Å². The highest BCUT2D eigenvalue weighted by molar-refractivity contribution is 5.79. The number of aromatic nitrogens is 1. The highest BCUT2D eigenvalue weighted by atomic mass is 16.5. The van der Waals surface area contributed by atoms with E-state index in [4.69, 9.17) is 9.47 Å². The van der Waals surface area contributed by atoms with Gasteiger partial charge in [-0.1, -0.05) is 13.0 Å². The molecule has 0 radical (unpaired) electrons. The molecule has 0 bridgehead atoms. The van der Waals surface area contributed by atoms with Crippen LogP contribution in [0.25, 0.3) is 0 Å². The van der Waals surface area contributed by atoms with Crippen molar-refractivity contribution >= 4 is 6.29 Å². The number of benzene rings is 1. The van der Waals surface area contributed by atoms with Crippen LogP contribution in [0, 0.1) is 0 Å². The summed E-state index contributed by atoms with van der Waals surface area (Å²) in [6.07, 6.45) is 3.41. The molecule has 1 aromatic carbocycles. The molecule has 0 unspecified atom stereocenters. The molecule has 1 heterocycles. The van der Waals surface area contributed by atoms with Crippen molar-refractivity contribution < 1.29 is 14.3 Å². The molecule has 20 heavy (non-hydrogen) atoms. The Morgan fingerprint density at radius 2 is 2.10 bits per heavy atom. The average Bonchev–Trinajstić information content (AvgIpc) is 2.52. The van der Waals surface area contributed by atoms with E-state index in [0.29, 0.717) is 30.3 Å². The third-order valence-electron chi connectivity index (χ3n) is 2.69. The maximum absolute atomic E-state index is 11.0. The van der Waals surface area contributed by atoms with E-state index in [2.05, 4.69) is 4.98 Å². The molecule has 104 valence electrons. The minimum atomic E-state index is 0.318. The van der Waals surface area contributed by atoms with Crippen molar-refractivity contribution in [2.75, 3.05) is 6.61 Å². The van der Waals surface area contributed by atoms with Gasteiger partial charge in [0.1, 0.15) is 18.1 Å². The van der Waals surface area contributed by atoms with Crippen LogP contribution < -0.4 is 9.47 Å². The van der Waals surface area contributed by atoms with Gasteiger partial charge in [0.25, 0.3) is 0 Å². The average molecular weight is 271 g/mol. The van der Waals surface area contributed by atoms with Gasteiger partial charge in [-0.2, -0.15) is 0 Å². The van der Waals surface area contributed by atoms with Crippen LogP contribution >= 0.6 is 0 Å². The third-order valence-corrected chi connectivity index (χ3v) is 2.69. The fourth-order valence-corrected chi connectivity index (χ4v) is 1.68. The van der Waals surface area contributed by atoms with Crippen LogP contribution in [0.1, 0.15) is 29.4 Å². The van der Waals surface area contributed by atoms with Crippen LogP contribution in [0.2, 0.25) is 0 Å². The molecule has 0 atom stereocenters. The summed E-state index contributed by atoms with van der Waals surface area (Å²) < 4.78 is 11.2. The van der Waals surface area contributed by atoms with Gasteiger partial charge in [-0.05, 0) is 30.7 Å². The molecule has 0 spiro atoms. The van der Waals surface area contributed by atoms with Crippen LogP contribution in [0.5, 0.6) is 11.5 Å². The van der Waals surface area contributed by atoms with Gasteiger partial charge in [0, 0.05) is 12.3 Å². The topological polar surface area (TPSA) is 48.4 Å². The molecule has 4 nitrogen and oxygen atoms in total. The van der Waals surface area contributed by atoms with Crippen molar-refractivity contribution in [2.45, 2.75) is 20.0 Å². The van der Waals surface area contributed by atoms with Gasteiger partial charge in [-0.25, -0.2) is 0 Å². The molecule has 2 aromatic rings.